The summed E-state index contributed by atoms with van der Waals surface area (Å²) in [6, 6.07) is 8.67. The van der Waals surface area contributed by atoms with Crippen LogP contribution >= 0.6 is 0 Å². The van der Waals surface area contributed by atoms with Crippen LogP contribution in [0.3, 0.4) is 0 Å². The highest BCUT2D eigenvalue weighted by Crippen LogP contribution is 2.20. The van der Waals surface area contributed by atoms with Gasteiger partial charge in [-0.3, -0.25) is 16.3 Å². The van der Waals surface area contributed by atoms with Crippen molar-refractivity contribution in [2.45, 2.75) is 12.5 Å². The molecule has 2 aromatic rings. The fourth-order valence-electron chi connectivity index (χ4n) is 1.76. The van der Waals surface area contributed by atoms with Crippen molar-refractivity contribution in [2.24, 2.45) is 5.84 Å². The van der Waals surface area contributed by atoms with E-state index in [0.29, 0.717) is 5.69 Å². The molecule has 1 aromatic heterocycles. The molecule has 0 saturated carbocycles. The van der Waals surface area contributed by atoms with Gasteiger partial charge >= 0.3 is 0 Å². The molecule has 5 heteroatoms. The lowest BCUT2D eigenvalue weighted by Gasteiger charge is -2.16. The average Bonchev–Trinajstić information content (AvgIpc) is 2.40. The van der Waals surface area contributed by atoms with Gasteiger partial charge in [0.05, 0.1) is 11.7 Å². The second kappa shape index (κ2) is 5.66. The summed E-state index contributed by atoms with van der Waals surface area (Å²) >= 11 is 0. The van der Waals surface area contributed by atoms with Crippen molar-refractivity contribution in [2.75, 3.05) is 0 Å². The van der Waals surface area contributed by atoms with Gasteiger partial charge < -0.3 is 0 Å². The number of nitrogens with one attached hydrogen (secondary N) is 1. The van der Waals surface area contributed by atoms with Crippen molar-refractivity contribution in [3.05, 3.63) is 65.5 Å². The van der Waals surface area contributed by atoms with Crippen LogP contribution in [0.4, 0.5) is 8.78 Å². The summed E-state index contributed by atoms with van der Waals surface area (Å²) in [5, 5.41) is 0. The van der Waals surface area contributed by atoms with Crippen LogP contribution in [0.15, 0.2) is 42.6 Å². The van der Waals surface area contributed by atoms with Gasteiger partial charge in [0.25, 0.3) is 0 Å². The Morgan fingerprint density at radius 3 is 2.39 bits per heavy atom. The van der Waals surface area contributed by atoms with Crippen molar-refractivity contribution in [3.8, 4) is 0 Å². The second-order valence-electron chi connectivity index (χ2n) is 3.88. The van der Waals surface area contributed by atoms with E-state index in [1.807, 2.05) is 0 Å². The number of halogens is 2. The van der Waals surface area contributed by atoms with Crippen LogP contribution in [0.5, 0.6) is 0 Å². The van der Waals surface area contributed by atoms with E-state index in [4.69, 9.17) is 5.84 Å². The Balaban J connectivity index is 2.26. The minimum Gasteiger partial charge on any atom is -0.271 e. The number of nitrogens with two attached hydrogens (primary N) is 1. The Labute approximate surface area is 104 Å². The van der Waals surface area contributed by atoms with E-state index in [2.05, 4.69) is 10.4 Å². The number of rotatable bonds is 4. The molecule has 1 atom stereocenters. The summed E-state index contributed by atoms with van der Waals surface area (Å²) in [6.45, 7) is 0. The smallest absolute Gasteiger partial charge is 0.129 e. The molecule has 3 N–H and O–H groups in total. The lowest BCUT2D eigenvalue weighted by molar-refractivity contribution is 0.493. The molecule has 1 heterocycles. The predicted octanol–water partition coefficient (Wildman–Crippen LogP) is 2.11. The topological polar surface area (TPSA) is 50.9 Å². The van der Waals surface area contributed by atoms with Crippen LogP contribution in [0.2, 0.25) is 0 Å². The number of hydrazine groups is 1. The highest BCUT2D eigenvalue weighted by Gasteiger charge is 2.17. The molecule has 94 valence electrons. The molecule has 0 saturated heterocycles. The SMILES string of the molecule is NNC(Cc1c(F)cccc1F)c1ccccn1. The van der Waals surface area contributed by atoms with Crippen molar-refractivity contribution in [1.82, 2.24) is 10.4 Å². The zero-order valence-electron chi connectivity index (χ0n) is 9.61. The first-order chi connectivity index (χ1) is 8.72. The Hall–Kier alpha value is -1.85. The molecule has 0 aliphatic heterocycles. The zero-order chi connectivity index (χ0) is 13.0. The number of hydrogen-bond donors (Lipinski definition) is 2. The standard InChI is InChI=1S/C13H13F2N3/c14-10-4-3-5-11(15)9(10)8-13(18-16)12-6-1-2-7-17-12/h1-7,13,18H,8,16H2. The maximum absolute atomic E-state index is 13.5. The normalized spacial score (nSPS) is 12.4. The third-order valence-corrected chi connectivity index (χ3v) is 2.72. The minimum absolute atomic E-state index is 0.00565. The molecule has 18 heavy (non-hydrogen) atoms. The second-order valence-corrected chi connectivity index (χ2v) is 3.88. The van der Waals surface area contributed by atoms with Crippen LogP contribution in [0.25, 0.3) is 0 Å². The Bertz CT molecular complexity index is 497. The summed E-state index contributed by atoms with van der Waals surface area (Å²) in [4.78, 5) is 4.12. The van der Waals surface area contributed by atoms with Crippen LogP contribution in [-0.2, 0) is 6.42 Å². The molecule has 0 bridgehead atoms. The molecular weight excluding hydrogens is 236 g/mol. The first-order valence-corrected chi connectivity index (χ1v) is 5.52. The van der Waals surface area contributed by atoms with Gasteiger partial charge in [-0.15, -0.1) is 0 Å². The van der Waals surface area contributed by atoms with Crippen LogP contribution < -0.4 is 11.3 Å². The van der Waals surface area contributed by atoms with Crippen molar-refractivity contribution in [1.29, 1.82) is 0 Å². The number of benzene rings is 1. The number of hydrogen-bond acceptors (Lipinski definition) is 3. The first-order valence-electron chi connectivity index (χ1n) is 5.52. The highest BCUT2D eigenvalue weighted by molar-refractivity contribution is 5.22. The largest absolute Gasteiger partial charge is 0.271 e. The molecule has 0 aliphatic rings. The van der Waals surface area contributed by atoms with E-state index in [9.17, 15) is 8.78 Å². The van der Waals surface area contributed by atoms with Crippen LogP contribution in [0, 0.1) is 11.6 Å². The number of aromatic nitrogens is 1. The monoisotopic (exact) mass is 249 g/mol. The number of nitrogens with zero attached hydrogens (tertiary/aromatic N) is 1. The summed E-state index contributed by atoms with van der Waals surface area (Å²) in [6.07, 6.45) is 1.71. The summed E-state index contributed by atoms with van der Waals surface area (Å²) in [5.41, 5.74) is 3.17. The van der Waals surface area contributed by atoms with Crippen molar-refractivity contribution < 1.29 is 8.78 Å². The lowest BCUT2D eigenvalue weighted by Crippen LogP contribution is -2.30. The van der Waals surface area contributed by atoms with E-state index >= 15 is 0 Å². The highest BCUT2D eigenvalue weighted by atomic mass is 19.1. The van der Waals surface area contributed by atoms with Gasteiger partial charge in [-0.25, -0.2) is 8.78 Å². The van der Waals surface area contributed by atoms with E-state index in [0.717, 1.165) is 0 Å². The molecule has 0 radical (unpaired) electrons. The van der Waals surface area contributed by atoms with Gasteiger partial charge in [-0.2, -0.15) is 0 Å². The van der Waals surface area contributed by atoms with Crippen LogP contribution in [-0.4, -0.2) is 4.98 Å². The summed E-state index contributed by atoms with van der Waals surface area (Å²) in [5.74, 6) is 4.26. The molecule has 3 nitrogen and oxygen atoms in total. The molecular formula is C13H13F2N3. The van der Waals surface area contributed by atoms with Crippen LogP contribution in [0.1, 0.15) is 17.3 Å². The van der Waals surface area contributed by atoms with E-state index in [1.54, 1.807) is 24.4 Å². The van der Waals surface area contributed by atoms with Gasteiger partial charge in [0.15, 0.2) is 0 Å². The zero-order valence-corrected chi connectivity index (χ0v) is 9.61. The molecule has 1 unspecified atom stereocenters. The lowest BCUT2D eigenvalue weighted by atomic mass is 10.0. The fourth-order valence-corrected chi connectivity index (χ4v) is 1.76. The van der Waals surface area contributed by atoms with E-state index in [-0.39, 0.29) is 12.0 Å². The number of pyridine rings is 1. The minimum atomic E-state index is -0.578. The van der Waals surface area contributed by atoms with Gasteiger partial charge in [-0.1, -0.05) is 12.1 Å². The molecule has 0 aliphatic carbocycles. The van der Waals surface area contributed by atoms with Gasteiger partial charge in [-0.05, 0) is 24.3 Å². The van der Waals surface area contributed by atoms with Gasteiger partial charge in [0, 0.05) is 18.2 Å². The van der Waals surface area contributed by atoms with E-state index < -0.39 is 17.7 Å². The quantitative estimate of drug-likeness (QED) is 0.644. The third-order valence-electron chi connectivity index (χ3n) is 2.72. The summed E-state index contributed by atoms with van der Waals surface area (Å²) in [7, 11) is 0. The van der Waals surface area contributed by atoms with E-state index in [1.165, 1.54) is 18.2 Å². The molecule has 2 rings (SSSR count). The maximum atomic E-state index is 13.5. The fraction of sp³-hybridized carbons (Fsp3) is 0.154. The Kier molecular flexibility index (Phi) is 3.96. The molecule has 1 aromatic carbocycles. The van der Waals surface area contributed by atoms with Crippen molar-refractivity contribution >= 4 is 0 Å². The Morgan fingerprint density at radius 1 is 1.11 bits per heavy atom. The molecule has 0 fully saturated rings. The molecule has 0 amide bonds. The first kappa shape index (κ1) is 12.6. The van der Waals surface area contributed by atoms with Gasteiger partial charge in [0.1, 0.15) is 11.6 Å². The average molecular weight is 249 g/mol. The van der Waals surface area contributed by atoms with Crippen molar-refractivity contribution in [3.63, 3.8) is 0 Å². The van der Waals surface area contributed by atoms with Gasteiger partial charge in [0.2, 0.25) is 0 Å². The Morgan fingerprint density at radius 2 is 1.83 bits per heavy atom. The summed E-state index contributed by atoms with van der Waals surface area (Å²) < 4.78 is 27.1. The third kappa shape index (κ3) is 2.69. The maximum Gasteiger partial charge on any atom is 0.129 e. The molecule has 0 spiro atoms. The predicted molar refractivity (Wildman–Crippen MR) is 64.4 cm³/mol.